The molecule has 0 aromatic carbocycles. The average molecular weight is 237 g/mol. The van der Waals surface area contributed by atoms with Gasteiger partial charge in [0.15, 0.2) is 6.10 Å². The number of carbonyl (C=O) groups is 3. The first-order valence-electron chi connectivity index (χ1n) is 3.11. The molecule has 0 spiro atoms. The Kier molecular flexibility index (Phi) is 2.58. The van der Waals surface area contributed by atoms with Crippen LogP contribution in [0.15, 0.2) is 0 Å². The van der Waals surface area contributed by atoms with Gasteiger partial charge in [-0.05, 0) is 0 Å². The lowest BCUT2D eigenvalue weighted by atomic mass is 10.1. The number of hydrogen-bond donors (Lipinski definition) is 1. The van der Waals surface area contributed by atoms with E-state index in [-0.39, 0.29) is 5.33 Å². The minimum Gasteiger partial charge on any atom is -0.445 e. The van der Waals surface area contributed by atoms with E-state index in [4.69, 9.17) is 5.11 Å². The SMILES string of the molecule is O=C1O[C@H]([C@@H](O)CBr)C(=O)C1=O. The third kappa shape index (κ3) is 1.39. The van der Waals surface area contributed by atoms with Gasteiger partial charge in [0.2, 0.25) is 0 Å². The molecule has 0 bridgehead atoms. The lowest BCUT2D eigenvalue weighted by Gasteiger charge is -2.10. The van der Waals surface area contributed by atoms with E-state index >= 15 is 0 Å². The van der Waals surface area contributed by atoms with Crippen molar-refractivity contribution in [3.05, 3.63) is 0 Å². The molecule has 5 nitrogen and oxygen atoms in total. The van der Waals surface area contributed by atoms with E-state index in [9.17, 15) is 14.4 Å². The standard InChI is InChI=1S/C6H5BrO5/c7-1-2(8)5-3(9)4(10)6(11)12-5/h2,5,8H,1H2/t2-,5+/m0/s1. The van der Waals surface area contributed by atoms with E-state index in [0.717, 1.165) is 0 Å². The zero-order chi connectivity index (χ0) is 9.30. The number of hydrogen-bond acceptors (Lipinski definition) is 5. The second-order valence-electron chi connectivity index (χ2n) is 2.24. The maximum Gasteiger partial charge on any atom is 0.383 e. The molecule has 1 heterocycles. The molecule has 1 aliphatic rings. The molecule has 0 unspecified atom stereocenters. The van der Waals surface area contributed by atoms with E-state index < -0.39 is 29.7 Å². The van der Waals surface area contributed by atoms with E-state index in [1.807, 2.05) is 0 Å². The van der Waals surface area contributed by atoms with E-state index in [1.54, 1.807) is 0 Å². The largest absolute Gasteiger partial charge is 0.445 e. The summed E-state index contributed by atoms with van der Waals surface area (Å²) in [4.78, 5) is 31.9. The van der Waals surface area contributed by atoms with Crippen molar-refractivity contribution in [3.8, 4) is 0 Å². The van der Waals surface area contributed by atoms with Crippen LogP contribution in [0.25, 0.3) is 0 Å². The number of esters is 1. The Morgan fingerprint density at radius 2 is 2.08 bits per heavy atom. The van der Waals surface area contributed by atoms with Crippen molar-refractivity contribution in [2.24, 2.45) is 0 Å². The summed E-state index contributed by atoms with van der Waals surface area (Å²) in [6.07, 6.45) is -2.49. The molecule has 0 aromatic rings. The highest BCUT2D eigenvalue weighted by Crippen LogP contribution is 2.12. The van der Waals surface area contributed by atoms with Crippen molar-refractivity contribution in [1.29, 1.82) is 0 Å². The fraction of sp³-hybridized carbons (Fsp3) is 0.500. The number of Topliss-reactive ketones (excluding diaryl/α,β-unsaturated/α-hetero) is 2. The lowest BCUT2D eigenvalue weighted by molar-refractivity contribution is -0.150. The summed E-state index contributed by atoms with van der Waals surface area (Å²) in [5, 5.41) is 9.14. The van der Waals surface area contributed by atoms with Crippen molar-refractivity contribution in [2.45, 2.75) is 12.2 Å². The molecule has 12 heavy (non-hydrogen) atoms. The number of ketones is 2. The Morgan fingerprint density at radius 1 is 1.50 bits per heavy atom. The molecule has 2 atom stereocenters. The Hall–Kier alpha value is -0.750. The van der Waals surface area contributed by atoms with Gasteiger partial charge >= 0.3 is 11.8 Å². The Morgan fingerprint density at radius 3 is 2.42 bits per heavy atom. The van der Waals surface area contributed by atoms with Crippen LogP contribution >= 0.6 is 15.9 Å². The number of cyclic esters (lactones) is 1. The molecule has 1 fully saturated rings. The van der Waals surface area contributed by atoms with Crippen molar-refractivity contribution in [2.75, 3.05) is 5.33 Å². The first-order valence-corrected chi connectivity index (χ1v) is 4.23. The molecule has 66 valence electrons. The van der Waals surface area contributed by atoms with Gasteiger partial charge in [0.25, 0.3) is 5.78 Å². The van der Waals surface area contributed by atoms with Gasteiger partial charge in [-0.25, -0.2) is 4.79 Å². The Bertz CT molecular complexity index is 248. The maximum atomic E-state index is 10.8. The summed E-state index contributed by atoms with van der Waals surface area (Å²) in [5.74, 6) is -3.36. The van der Waals surface area contributed by atoms with Gasteiger partial charge in [-0.15, -0.1) is 0 Å². The monoisotopic (exact) mass is 236 g/mol. The van der Waals surface area contributed by atoms with Crippen LogP contribution in [-0.4, -0.2) is 40.2 Å². The number of ether oxygens (including phenoxy) is 1. The number of halogens is 1. The van der Waals surface area contributed by atoms with Gasteiger partial charge in [-0.3, -0.25) is 9.59 Å². The molecule has 0 aromatic heterocycles. The van der Waals surface area contributed by atoms with Crippen molar-refractivity contribution in [1.82, 2.24) is 0 Å². The van der Waals surface area contributed by atoms with E-state index in [1.165, 1.54) is 0 Å². The average Bonchev–Trinajstić information content (AvgIpc) is 2.32. The molecule has 1 N–H and O–H groups in total. The van der Waals surface area contributed by atoms with Gasteiger partial charge < -0.3 is 9.84 Å². The zero-order valence-corrected chi connectivity index (χ0v) is 7.41. The third-order valence-corrected chi connectivity index (χ3v) is 2.07. The summed E-state index contributed by atoms with van der Waals surface area (Å²) >= 11 is 2.89. The quantitative estimate of drug-likeness (QED) is 0.371. The first-order chi connectivity index (χ1) is 5.57. The topological polar surface area (TPSA) is 80.7 Å². The smallest absolute Gasteiger partial charge is 0.383 e. The van der Waals surface area contributed by atoms with Crippen molar-refractivity contribution < 1.29 is 24.2 Å². The molecule has 1 rings (SSSR count). The highest BCUT2D eigenvalue weighted by Gasteiger charge is 2.45. The van der Waals surface area contributed by atoms with Crippen molar-refractivity contribution in [3.63, 3.8) is 0 Å². The van der Waals surface area contributed by atoms with Crippen LogP contribution in [0, 0.1) is 0 Å². The molecule has 1 saturated heterocycles. The normalized spacial score (nSPS) is 25.8. The fourth-order valence-electron chi connectivity index (χ4n) is 0.786. The van der Waals surface area contributed by atoms with Crippen LogP contribution in [-0.2, 0) is 19.1 Å². The minimum absolute atomic E-state index is 0.0734. The number of aliphatic hydroxyl groups excluding tert-OH is 1. The molecule has 0 saturated carbocycles. The number of aliphatic hydroxyl groups is 1. The summed E-state index contributed by atoms with van der Waals surface area (Å²) in [6, 6.07) is 0. The summed E-state index contributed by atoms with van der Waals surface area (Å²) in [6.45, 7) is 0. The molecular formula is C6H5BrO5. The predicted molar refractivity (Wildman–Crippen MR) is 39.7 cm³/mol. The number of alkyl halides is 1. The van der Waals surface area contributed by atoms with Gasteiger partial charge in [-0.2, -0.15) is 0 Å². The minimum atomic E-state index is -1.33. The second-order valence-corrected chi connectivity index (χ2v) is 2.89. The Labute approximate surface area is 75.8 Å². The first kappa shape index (κ1) is 9.34. The third-order valence-electron chi connectivity index (χ3n) is 1.41. The maximum absolute atomic E-state index is 10.8. The summed E-state index contributed by atoms with van der Waals surface area (Å²) in [7, 11) is 0. The van der Waals surface area contributed by atoms with Crippen LogP contribution in [0.5, 0.6) is 0 Å². The lowest BCUT2D eigenvalue weighted by Crippen LogP contribution is -2.34. The highest BCUT2D eigenvalue weighted by molar-refractivity contribution is 9.09. The van der Waals surface area contributed by atoms with Crippen molar-refractivity contribution >= 4 is 33.5 Å². The summed E-state index contributed by atoms with van der Waals surface area (Å²) in [5.41, 5.74) is 0. The fourth-order valence-corrected chi connectivity index (χ4v) is 1.13. The van der Waals surface area contributed by atoms with Crippen LogP contribution in [0.1, 0.15) is 0 Å². The zero-order valence-electron chi connectivity index (χ0n) is 5.82. The van der Waals surface area contributed by atoms with Crippen LogP contribution < -0.4 is 0 Å². The molecule has 1 aliphatic heterocycles. The predicted octanol–water partition coefficient (Wildman–Crippen LogP) is -1.19. The highest BCUT2D eigenvalue weighted by atomic mass is 79.9. The number of rotatable bonds is 2. The molecule has 0 radical (unpaired) electrons. The van der Waals surface area contributed by atoms with Crippen LogP contribution in [0.3, 0.4) is 0 Å². The van der Waals surface area contributed by atoms with E-state index in [0.29, 0.717) is 0 Å². The van der Waals surface area contributed by atoms with E-state index in [2.05, 4.69) is 20.7 Å². The second kappa shape index (κ2) is 3.32. The summed E-state index contributed by atoms with van der Waals surface area (Å²) < 4.78 is 4.32. The van der Waals surface area contributed by atoms with Gasteiger partial charge in [-0.1, -0.05) is 15.9 Å². The number of carbonyl (C=O) groups excluding carboxylic acids is 3. The van der Waals surface area contributed by atoms with Gasteiger partial charge in [0.1, 0.15) is 6.10 Å². The Balaban J connectivity index is 2.78. The van der Waals surface area contributed by atoms with Gasteiger partial charge in [0.05, 0.1) is 0 Å². The van der Waals surface area contributed by atoms with Gasteiger partial charge in [0, 0.05) is 5.33 Å². The molecular weight excluding hydrogens is 232 g/mol. The van der Waals surface area contributed by atoms with Crippen LogP contribution in [0.2, 0.25) is 0 Å². The van der Waals surface area contributed by atoms with Crippen LogP contribution in [0.4, 0.5) is 0 Å². The molecule has 0 amide bonds. The molecule has 0 aliphatic carbocycles. The molecule has 6 heteroatoms.